The van der Waals surface area contributed by atoms with E-state index in [0.29, 0.717) is 18.4 Å². The third-order valence-electron chi connectivity index (χ3n) is 3.86. The highest BCUT2D eigenvalue weighted by Gasteiger charge is 2.52. The second kappa shape index (κ2) is 4.85. The van der Waals surface area contributed by atoms with E-state index in [-0.39, 0.29) is 0 Å². The van der Waals surface area contributed by atoms with Crippen molar-refractivity contribution in [2.75, 3.05) is 6.54 Å². The van der Waals surface area contributed by atoms with Gasteiger partial charge >= 0.3 is 7.12 Å². The van der Waals surface area contributed by atoms with Crippen LogP contribution in [-0.2, 0) is 15.7 Å². The van der Waals surface area contributed by atoms with Crippen LogP contribution in [0.15, 0.2) is 12.3 Å². The smallest absolute Gasteiger partial charge is 0.399 e. The molecule has 0 aromatic carbocycles. The predicted molar refractivity (Wildman–Crippen MR) is 72.7 cm³/mol. The molecule has 1 saturated heterocycles. The third-order valence-corrected chi connectivity index (χ3v) is 3.86. The fraction of sp³-hybridized carbons (Fsp3) is 0.615. The highest BCUT2D eigenvalue weighted by atomic mass is 19.1. The molecular formula is C13H20BFN2O2. The highest BCUT2D eigenvalue weighted by molar-refractivity contribution is 6.62. The summed E-state index contributed by atoms with van der Waals surface area (Å²) in [6, 6.07) is 1.72. The fourth-order valence-corrected chi connectivity index (χ4v) is 1.95. The molecule has 19 heavy (non-hydrogen) atoms. The Morgan fingerprint density at radius 3 is 2.37 bits per heavy atom. The van der Waals surface area contributed by atoms with E-state index in [4.69, 9.17) is 15.0 Å². The van der Waals surface area contributed by atoms with Crippen LogP contribution in [0.2, 0.25) is 0 Å². The van der Waals surface area contributed by atoms with Crippen LogP contribution in [0.25, 0.3) is 0 Å². The summed E-state index contributed by atoms with van der Waals surface area (Å²) in [7, 11) is -0.727. The topological polar surface area (TPSA) is 57.4 Å². The molecule has 0 aliphatic carbocycles. The monoisotopic (exact) mass is 266 g/mol. The molecule has 1 aliphatic rings. The Balaban J connectivity index is 2.31. The van der Waals surface area contributed by atoms with E-state index in [1.165, 1.54) is 6.20 Å². The van der Waals surface area contributed by atoms with Crippen molar-refractivity contribution in [2.45, 2.75) is 45.3 Å². The zero-order chi connectivity index (χ0) is 14.3. The van der Waals surface area contributed by atoms with Crippen LogP contribution in [-0.4, -0.2) is 29.8 Å². The van der Waals surface area contributed by atoms with Crippen LogP contribution in [0.5, 0.6) is 0 Å². The van der Waals surface area contributed by atoms with Gasteiger partial charge in [-0.05, 0) is 46.2 Å². The number of nitrogens with two attached hydrogens (primary N) is 1. The average molecular weight is 266 g/mol. The van der Waals surface area contributed by atoms with Crippen LogP contribution in [0.1, 0.15) is 33.3 Å². The van der Waals surface area contributed by atoms with E-state index in [1.807, 2.05) is 27.7 Å². The van der Waals surface area contributed by atoms with Gasteiger partial charge in [0, 0.05) is 11.7 Å². The first-order chi connectivity index (χ1) is 8.77. The molecule has 0 atom stereocenters. The number of nitrogens with zero attached hydrogens (tertiary/aromatic N) is 1. The van der Waals surface area contributed by atoms with E-state index < -0.39 is 24.3 Å². The summed E-state index contributed by atoms with van der Waals surface area (Å²) < 4.78 is 25.5. The van der Waals surface area contributed by atoms with E-state index in [9.17, 15) is 4.39 Å². The van der Waals surface area contributed by atoms with Crippen molar-refractivity contribution < 1.29 is 13.7 Å². The van der Waals surface area contributed by atoms with Gasteiger partial charge in [0.15, 0.2) is 0 Å². The van der Waals surface area contributed by atoms with E-state index >= 15 is 0 Å². The summed E-state index contributed by atoms with van der Waals surface area (Å²) in [5.74, 6) is -0.556. The minimum atomic E-state index is -0.727. The summed E-state index contributed by atoms with van der Waals surface area (Å²) in [6.45, 7) is 8.23. The normalized spacial score (nSPS) is 20.8. The van der Waals surface area contributed by atoms with Crippen LogP contribution in [0.4, 0.5) is 4.39 Å². The third kappa shape index (κ3) is 2.66. The van der Waals surface area contributed by atoms with Crippen LogP contribution in [0, 0.1) is 5.95 Å². The molecular weight excluding hydrogens is 246 g/mol. The lowest BCUT2D eigenvalue weighted by molar-refractivity contribution is 0.00578. The summed E-state index contributed by atoms with van der Waals surface area (Å²) in [5.41, 5.74) is 5.74. The Morgan fingerprint density at radius 2 is 1.84 bits per heavy atom. The van der Waals surface area contributed by atoms with Crippen LogP contribution in [0.3, 0.4) is 0 Å². The van der Waals surface area contributed by atoms with E-state index in [2.05, 4.69) is 4.98 Å². The van der Waals surface area contributed by atoms with Crippen molar-refractivity contribution in [1.29, 1.82) is 0 Å². The average Bonchev–Trinajstić information content (AvgIpc) is 2.51. The Kier molecular flexibility index (Phi) is 3.68. The maximum atomic E-state index is 13.9. The molecule has 1 aromatic heterocycles. The van der Waals surface area contributed by atoms with Crippen molar-refractivity contribution in [2.24, 2.45) is 5.73 Å². The van der Waals surface area contributed by atoms with Crippen molar-refractivity contribution in [3.8, 4) is 0 Å². The van der Waals surface area contributed by atoms with Crippen molar-refractivity contribution in [3.05, 3.63) is 23.8 Å². The minimum Gasteiger partial charge on any atom is -0.399 e. The maximum absolute atomic E-state index is 13.9. The molecule has 1 aliphatic heterocycles. The van der Waals surface area contributed by atoms with Gasteiger partial charge in [-0.3, -0.25) is 0 Å². The summed E-state index contributed by atoms with van der Waals surface area (Å²) in [5, 5.41) is 0. The molecule has 4 nitrogen and oxygen atoms in total. The first-order valence-corrected chi connectivity index (χ1v) is 6.47. The first-order valence-electron chi connectivity index (χ1n) is 6.47. The highest BCUT2D eigenvalue weighted by Crippen LogP contribution is 2.36. The van der Waals surface area contributed by atoms with E-state index in [1.54, 1.807) is 6.07 Å². The largest absolute Gasteiger partial charge is 0.499 e. The van der Waals surface area contributed by atoms with Gasteiger partial charge in [0.2, 0.25) is 5.95 Å². The molecule has 0 spiro atoms. The molecule has 0 bridgehead atoms. The SMILES string of the molecule is CC1(C)OB(c2cc(CCN)cnc2F)OC1(C)C. The number of hydrogen-bond donors (Lipinski definition) is 1. The molecule has 6 heteroatoms. The number of halogens is 1. The number of rotatable bonds is 3. The minimum absolute atomic E-state index is 0.338. The fourth-order valence-electron chi connectivity index (χ4n) is 1.95. The van der Waals surface area contributed by atoms with Crippen molar-refractivity contribution >= 4 is 12.6 Å². The summed E-state index contributed by atoms with van der Waals surface area (Å²) in [6.07, 6.45) is 2.15. The van der Waals surface area contributed by atoms with Gasteiger partial charge < -0.3 is 15.0 Å². The lowest BCUT2D eigenvalue weighted by Crippen LogP contribution is -2.41. The van der Waals surface area contributed by atoms with Gasteiger partial charge in [0.25, 0.3) is 0 Å². The molecule has 2 N–H and O–H groups in total. The zero-order valence-electron chi connectivity index (χ0n) is 11.9. The molecule has 0 unspecified atom stereocenters. The zero-order valence-corrected chi connectivity index (χ0v) is 11.9. The maximum Gasteiger partial charge on any atom is 0.499 e. The number of hydrogen-bond acceptors (Lipinski definition) is 4. The molecule has 0 radical (unpaired) electrons. The molecule has 2 heterocycles. The van der Waals surface area contributed by atoms with Crippen LogP contribution < -0.4 is 11.2 Å². The lowest BCUT2D eigenvalue weighted by atomic mass is 9.79. The second-order valence-electron chi connectivity index (χ2n) is 5.85. The standard InChI is InChI=1S/C13H20BFN2O2/c1-12(2)13(3,4)19-14(18-12)10-7-9(5-6-16)8-17-11(10)15/h7-8H,5-6,16H2,1-4H3. The Morgan fingerprint density at radius 1 is 1.26 bits per heavy atom. The quantitative estimate of drug-likeness (QED) is 0.655. The van der Waals surface area contributed by atoms with Crippen molar-refractivity contribution in [1.82, 2.24) is 4.98 Å². The Bertz CT molecular complexity index is 464. The Labute approximate surface area is 113 Å². The first kappa shape index (κ1) is 14.4. The van der Waals surface area contributed by atoms with Crippen molar-refractivity contribution in [3.63, 3.8) is 0 Å². The summed E-state index contributed by atoms with van der Waals surface area (Å²) >= 11 is 0. The lowest BCUT2D eigenvalue weighted by Gasteiger charge is -2.32. The van der Waals surface area contributed by atoms with Crippen LogP contribution >= 0.6 is 0 Å². The molecule has 1 fully saturated rings. The van der Waals surface area contributed by atoms with Gasteiger partial charge in [-0.2, -0.15) is 4.39 Å². The molecule has 2 rings (SSSR count). The second-order valence-corrected chi connectivity index (χ2v) is 5.85. The van der Waals surface area contributed by atoms with Gasteiger partial charge in [-0.25, -0.2) is 4.98 Å². The van der Waals surface area contributed by atoms with Gasteiger partial charge in [0.1, 0.15) is 0 Å². The molecule has 104 valence electrons. The number of pyridine rings is 1. The van der Waals surface area contributed by atoms with E-state index in [0.717, 1.165) is 5.56 Å². The summed E-state index contributed by atoms with van der Waals surface area (Å²) in [4.78, 5) is 3.76. The van der Waals surface area contributed by atoms with Gasteiger partial charge in [0.05, 0.1) is 11.2 Å². The molecule has 0 amide bonds. The molecule has 1 aromatic rings. The predicted octanol–water partition coefficient (Wildman–Crippen LogP) is 1.02. The molecule has 0 saturated carbocycles. The Hall–Kier alpha value is -0.975. The van der Waals surface area contributed by atoms with Gasteiger partial charge in [-0.1, -0.05) is 6.07 Å². The number of aromatic nitrogens is 1. The van der Waals surface area contributed by atoms with Gasteiger partial charge in [-0.15, -0.1) is 0 Å².